The van der Waals surface area contributed by atoms with Gasteiger partial charge in [0.05, 0.1) is 95.1 Å². The number of ether oxygens (including phenoxy) is 5. The molecular weight excluding hydrogens is 1560 g/mol. The zero-order valence-corrected chi connectivity index (χ0v) is 69.8. The molecule has 4 amide bonds. The van der Waals surface area contributed by atoms with E-state index in [9.17, 15) is 58.2 Å². The quantitative estimate of drug-likeness (QED) is 0.0102. The molecule has 0 aliphatic rings. The van der Waals surface area contributed by atoms with E-state index in [1.165, 1.54) is 6.92 Å². The third-order valence-electron chi connectivity index (χ3n) is 20.0. The Morgan fingerprint density at radius 1 is 0.504 bits per heavy atom. The van der Waals surface area contributed by atoms with Crippen molar-refractivity contribution in [1.82, 2.24) is 60.7 Å². The number of carbonyl (C=O) groups excluding carboxylic acids is 8. The number of fused-ring (bicyclic) bond motifs is 2. The average molecular weight is 1680 g/mol. The number of carbonyl (C=O) groups is 10. The molecule has 37 nitrogen and oxygen atoms in total. The molecule has 3 aromatic carbocycles. The number of nitrogen functional groups attached to an aromatic ring is 4. The molecular formula is C84H118N20O17. The van der Waals surface area contributed by atoms with Gasteiger partial charge in [0.2, 0.25) is 17.8 Å². The molecule has 4 atom stereocenters. The lowest BCUT2D eigenvalue weighted by molar-refractivity contribution is -0.143. The normalized spacial score (nSPS) is 12.4. The molecule has 0 radical (unpaired) electrons. The lowest BCUT2D eigenvalue weighted by Gasteiger charge is -2.25. The monoisotopic (exact) mass is 1680 g/mol. The van der Waals surface area contributed by atoms with Gasteiger partial charge in [-0.05, 0) is 143 Å². The van der Waals surface area contributed by atoms with Crippen LogP contribution >= 0.6 is 0 Å². The number of nitrogens with one attached hydrogen (secondary N) is 4. The maximum atomic E-state index is 13.8. The summed E-state index contributed by atoms with van der Waals surface area (Å²) in [5, 5.41) is 31.4. The molecule has 0 fully saturated rings. The Balaban J connectivity index is 0.786. The molecule has 4 aromatic heterocycles. The fourth-order valence-corrected chi connectivity index (χ4v) is 13.2. The Morgan fingerprint density at radius 3 is 1.59 bits per heavy atom. The largest absolute Gasteiger partial charge is 0.481 e. The van der Waals surface area contributed by atoms with Crippen molar-refractivity contribution in [2.24, 2.45) is 23.5 Å². The van der Waals surface area contributed by atoms with Gasteiger partial charge in [-0.25, -0.2) is 29.5 Å². The SMILES string of the molecule is CC(=O)OCc1ccc(N[C@H](C(=O)C[C@@H](CCCNC(N)=O)C(=O)CCCOCCOCCOCCOCCN(CCCCCCC(=O)CC[C@H](NC(=O)c2ccc(N(C)Cc3cnc4nc(N)nc(N)c4n3)cc2)C(=O)O)CCCCCNC(=O)CC[C@H](CC(=O)c2ccc(N(C)Cc3cnc4nc(N)nc(N)c4n3)cc2)C(=O)O)C(C)C)cc1. The fraction of sp³-hybridized carbons (Fsp3) is 0.524. The Kier molecular flexibility index (Phi) is 41.1. The van der Waals surface area contributed by atoms with Crippen LogP contribution in [0.25, 0.3) is 22.3 Å². The van der Waals surface area contributed by atoms with E-state index in [1.807, 2.05) is 62.0 Å². The first-order valence-electron chi connectivity index (χ1n) is 41.0. The number of esters is 1. The minimum absolute atomic E-state index is 0.00815. The number of Topliss-reactive ketones (excluding diaryl/α,β-unsaturated/α-hetero) is 4. The van der Waals surface area contributed by atoms with E-state index in [-0.39, 0.29) is 146 Å². The number of nitrogens with two attached hydrogens (primary N) is 5. The number of unbranched alkanes of at least 4 members (excludes halogenated alkanes) is 5. The van der Waals surface area contributed by atoms with Crippen LogP contribution in [-0.2, 0) is 76.9 Å². The molecule has 0 saturated carbocycles. The van der Waals surface area contributed by atoms with Crippen molar-refractivity contribution in [3.63, 3.8) is 0 Å². The van der Waals surface area contributed by atoms with E-state index < -0.39 is 47.8 Å². The van der Waals surface area contributed by atoms with Gasteiger partial charge in [0, 0.05) is 120 Å². The van der Waals surface area contributed by atoms with Crippen LogP contribution in [0.4, 0.5) is 45.4 Å². The number of carboxylic acid groups (broad SMARTS) is 2. The van der Waals surface area contributed by atoms with Gasteiger partial charge in [-0.15, -0.1) is 0 Å². The van der Waals surface area contributed by atoms with Gasteiger partial charge in [0.25, 0.3) is 5.91 Å². The van der Waals surface area contributed by atoms with Crippen LogP contribution in [0.2, 0.25) is 0 Å². The maximum Gasteiger partial charge on any atom is 0.326 e. The number of benzene rings is 3. The predicted octanol–water partition coefficient (Wildman–Crippen LogP) is 7.22. The molecule has 121 heavy (non-hydrogen) atoms. The van der Waals surface area contributed by atoms with Crippen molar-refractivity contribution in [2.45, 2.75) is 168 Å². The van der Waals surface area contributed by atoms with Crippen LogP contribution in [0.5, 0.6) is 0 Å². The molecule has 656 valence electrons. The number of aliphatic carboxylic acids is 2. The molecule has 0 spiro atoms. The molecule has 7 aromatic rings. The first kappa shape index (κ1) is 96.3. The molecule has 0 bridgehead atoms. The molecule has 16 N–H and O–H groups in total. The predicted molar refractivity (Wildman–Crippen MR) is 455 cm³/mol. The first-order chi connectivity index (χ1) is 58.1. The van der Waals surface area contributed by atoms with Crippen molar-refractivity contribution >= 4 is 122 Å². The van der Waals surface area contributed by atoms with E-state index in [0.717, 1.165) is 62.1 Å². The van der Waals surface area contributed by atoms with Gasteiger partial charge in [-0.3, -0.25) is 38.4 Å². The number of carboxylic acids is 2. The number of urea groups is 1. The van der Waals surface area contributed by atoms with Crippen LogP contribution in [-0.4, -0.2) is 226 Å². The summed E-state index contributed by atoms with van der Waals surface area (Å²) < 4.78 is 28.3. The Hall–Kier alpha value is -11.8. The summed E-state index contributed by atoms with van der Waals surface area (Å²) in [6, 6.07) is 18.1. The van der Waals surface area contributed by atoms with Crippen molar-refractivity contribution in [2.75, 3.05) is 138 Å². The molecule has 7 rings (SSSR count). The number of anilines is 7. The number of primary amides is 1. The van der Waals surface area contributed by atoms with Crippen LogP contribution in [0, 0.1) is 17.8 Å². The maximum absolute atomic E-state index is 13.8. The van der Waals surface area contributed by atoms with E-state index in [2.05, 4.69) is 66.0 Å². The number of rotatable bonds is 61. The van der Waals surface area contributed by atoms with E-state index >= 15 is 0 Å². The van der Waals surface area contributed by atoms with Gasteiger partial charge in [0.15, 0.2) is 45.5 Å². The van der Waals surface area contributed by atoms with Gasteiger partial charge >= 0.3 is 23.9 Å². The molecule has 4 heterocycles. The summed E-state index contributed by atoms with van der Waals surface area (Å²) in [6.07, 6.45) is 9.80. The minimum atomic E-state index is -1.28. The van der Waals surface area contributed by atoms with Crippen molar-refractivity contribution < 1.29 is 81.8 Å². The summed E-state index contributed by atoms with van der Waals surface area (Å²) in [6.45, 7) is 11.5. The molecule has 37 heteroatoms. The summed E-state index contributed by atoms with van der Waals surface area (Å²) in [7, 11) is 3.66. The minimum Gasteiger partial charge on any atom is -0.481 e. The summed E-state index contributed by atoms with van der Waals surface area (Å²) in [4.78, 5) is 167. The number of ketones is 4. The Bertz CT molecular complexity index is 4310. The third kappa shape index (κ3) is 35.2. The van der Waals surface area contributed by atoms with Crippen LogP contribution < -0.4 is 59.7 Å². The highest BCUT2D eigenvalue weighted by atomic mass is 16.6. The summed E-state index contributed by atoms with van der Waals surface area (Å²) >= 11 is 0. The van der Waals surface area contributed by atoms with Gasteiger partial charge < -0.3 is 98.5 Å². The van der Waals surface area contributed by atoms with Crippen molar-refractivity contribution in [3.8, 4) is 0 Å². The molecule has 0 unspecified atom stereocenters. The van der Waals surface area contributed by atoms with Crippen molar-refractivity contribution in [3.05, 3.63) is 113 Å². The molecule has 0 aliphatic heterocycles. The number of amides is 4. The Morgan fingerprint density at radius 2 is 1.04 bits per heavy atom. The standard InChI is InChI=1S/C84H118N20O17/c1-54(2)72(94-61-25-18-56(19-26-61)53-121-55(3)105)70(109)47-59(15-13-35-91-84(89)116)68(107)17-14-39-117-41-43-119-45-46-120-44-42-118-40-38-104(36-11-7-6-9-16-66(106)31-32-67(81(114)115)97-79(111)58-22-29-65(30-23-58)103(5)52-63-50-93-78-74(96-63)76(86)99-83(88)101-78)37-12-8-10-34-90-71(110)33-24-60(80(112)113)48-69(108)57-20-27-64(28-21-57)102(4)51-62-49-92-77-73(95-62)75(85)98-82(87)100-77/h18-23,25-30,49-50,54,59-60,67,72,94H,6-17,24,31-48,51-53H2,1-5H3,(H,90,110)(H,97,111)(H,112,113)(H,114,115)(H3,89,91,116)(H4,85,87,92,98,100)(H4,86,88,93,99,101)/t59-,60-,67+,72+/m1/s1. The van der Waals surface area contributed by atoms with Gasteiger partial charge in [0.1, 0.15) is 24.2 Å². The Labute approximate surface area is 703 Å². The zero-order valence-electron chi connectivity index (χ0n) is 69.8. The third-order valence-corrected chi connectivity index (χ3v) is 20.0. The van der Waals surface area contributed by atoms with Gasteiger partial charge in [-0.1, -0.05) is 45.2 Å². The smallest absolute Gasteiger partial charge is 0.326 e. The summed E-state index contributed by atoms with van der Waals surface area (Å²) in [5.74, 6) is -5.87. The lowest BCUT2D eigenvalue weighted by Crippen LogP contribution is -2.41. The second-order valence-corrected chi connectivity index (χ2v) is 30.0. The second kappa shape index (κ2) is 51.6. The molecule has 0 aliphatic carbocycles. The first-order valence-corrected chi connectivity index (χ1v) is 41.0. The number of aromatic nitrogens is 8. The molecule has 0 saturated heterocycles. The van der Waals surface area contributed by atoms with E-state index in [4.69, 9.17) is 52.4 Å². The number of nitrogens with zero attached hydrogens (tertiary/aromatic N) is 11. The number of hydrogen-bond acceptors (Lipinski definition) is 31. The second-order valence-electron chi connectivity index (χ2n) is 30.0. The average Bonchev–Trinajstić information content (AvgIpc) is 0.801. The highest BCUT2D eigenvalue weighted by molar-refractivity contribution is 5.99. The zero-order chi connectivity index (χ0) is 87.6. The van der Waals surface area contributed by atoms with Crippen LogP contribution in [0.1, 0.15) is 174 Å². The summed E-state index contributed by atoms with van der Waals surface area (Å²) in [5.41, 5.74) is 34.6. The van der Waals surface area contributed by atoms with Crippen LogP contribution in [0.15, 0.2) is 85.2 Å². The van der Waals surface area contributed by atoms with Gasteiger partial charge in [-0.2, -0.15) is 19.9 Å². The topological polar surface area (TPSA) is 548 Å². The lowest BCUT2D eigenvalue weighted by atomic mass is 9.86. The van der Waals surface area contributed by atoms with E-state index in [1.54, 1.807) is 60.9 Å². The number of hydrogen-bond donors (Lipinski definition) is 11. The van der Waals surface area contributed by atoms with E-state index in [0.29, 0.717) is 145 Å². The highest BCUT2D eigenvalue weighted by Gasteiger charge is 2.30. The highest BCUT2D eigenvalue weighted by Crippen LogP contribution is 2.26. The van der Waals surface area contributed by atoms with Crippen molar-refractivity contribution in [1.29, 1.82) is 0 Å². The fourth-order valence-electron chi connectivity index (χ4n) is 13.2. The van der Waals surface area contributed by atoms with Crippen LogP contribution in [0.3, 0.4) is 0 Å².